The minimum absolute atomic E-state index is 0.0278. The predicted octanol–water partition coefficient (Wildman–Crippen LogP) is 0.139. The number of ether oxygens (including phenoxy) is 1. The molecule has 2 atom stereocenters. The molecule has 0 bridgehead atoms. The van der Waals surface area contributed by atoms with Gasteiger partial charge in [0.15, 0.2) is 0 Å². The van der Waals surface area contributed by atoms with Crippen LogP contribution in [0.4, 0.5) is 0 Å². The molecular formula is C7H8O3. The van der Waals surface area contributed by atoms with Gasteiger partial charge in [-0.05, 0) is 13.3 Å². The van der Waals surface area contributed by atoms with E-state index in [4.69, 9.17) is 4.74 Å². The van der Waals surface area contributed by atoms with E-state index in [9.17, 15) is 9.59 Å². The van der Waals surface area contributed by atoms with Gasteiger partial charge >= 0.3 is 5.97 Å². The molecule has 2 fully saturated rings. The zero-order chi connectivity index (χ0) is 7.35. The average molecular weight is 140 g/mol. The number of hydrogen-bond donors (Lipinski definition) is 0. The van der Waals surface area contributed by atoms with E-state index in [1.54, 1.807) is 0 Å². The van der Waals surface area contributed by atoms with Gasteiger partial charge in [-0.1, -0.05) is 0 Å². The summed E-state index contributed by atoms with van der Waals surface area (Å²) in [5, 5.41) is 0. The Kier molecular flexibility index (Phi) is 0.832. The average Bonchev–Trinajstić information content (AvgIpc) is 2.52. The summed E-state index contributed by atoms with van der Waals surface area (Å²) in [6.45, 7) is 1.92. The lowest BCUT2D eigenvalue weighted by Gasteiger charge is -2.01. The third-order valence-corrected chi connectivity index (χ3v) is 2.51. The van der Waals surface area contributed by atoms with Gasteiger partial charge in [0.25, 0.3) is 0 Å². The lowest BCUT2D eigenvalue weighted by Crippen LogP contribution is -2.21. The summed E-state index contributed by atoms with van der Waals surface area (Å²) in [6, 6.07) is 0. The Morgan fingerprint density at radius 1 is 1.80 bits per heavy atom. The van der Waals surface area contributed by atoms with Crippen LogP contribution in [0.15, 0.2) is 0 Å². The van der Waals surface area contributed by atoms with Gasteiger partial charge in [0.2, 0.25) is 0 Å². The highest BCUT2D eigenvalue weighted by molar-refractivity contribution is 6.07. The van der Waals surface area contributed by atoms with Crippen molar-refractivity contribution in [3.63, 3.8) is 0 Å². The molecule has 0 spiro atoms. The zero-order valence-electron chi connectivity index (χ0n) is 5.72. The summed E-state index contributed by atoms with van der Waals surface area (Å²) in [5.41, 5.74) is -0.681. The second kappa shape index (κ2) is 1.41. The maximum atomic E-state index is 10.9. The molecule has 10 heavy (non-hydrogen) atoms. The van der Waals surface area contributed by atoms with Crippen molar-refractivity contribution in [1.29, 1.82) is 0 Å². The lowest BCUT2D eigenvalue weighted by molar-refractivity contribution is -0.148. The Morgan fingerprint density at radius 2 is 2.50 bits per heavy atom. The van der Waals surface area contributed by atoms with Gasteiger partial charge in [-0.3, -0.25) is 9.59 Å². The van der Waals surface area contributed by atoms with Crippen LogP contribution in [0.2, 0.25) is 0 Å². The molecule has 0 unspecified atom stereocenters. The predicted molar refractivity (Wildman–Crippen MR) is 32.2 cm³/mol. The first kappa shape index (κ1) is 5.89. The van der Waals surface area contributed by atoms with E-state index in [-0.39, 0.29) is 17.7 Å². The molecule has 54 valence electrons. The SMILES string of the molecule is CC(=O)[C@@]12C[C@H]1COC2=O. The molecule has 2 rings (SSSR count). The van der Waals surface area contributed by atoms with Crippen molar-refractivity contribution in [2.75, 3.05) is 6.61 Å². The summed E-state index contributed by atoms with van der Waals surface area (Å²) in [4.78, 5) is 21.9. The van der Waals surface area contributed by atoms with Crippen LogP contribution < -0.4 is 0 Å². The minimum Gasteiger partial charge on any atom is -0.465 e. The number of esters is 1. The van der Waals surface area contributed by atoms with Gasteiger partial charge in [-0.2, -0.15) is 0 Å². The maximum absolute atomic E-state index is 10.9. The Morgan fingerprint density at radius 3 is 2.70 bits per heavy atom. The van der Waals surface area contributed by atoms with Crippen LogP contribution in [0.25, 0.3) is 0 Å². The minimum atomic E-state index is -0.681. The fraction of sp³-hybridized carbons (Fsp3) is 0.714. The summed E-state index contributed by atoms with van der Waals surface area (Å²) in [6.07, 6.45) is 0.723. The third-order valence-electron chi connectivity index (χ3n) is 2.51. The molecule has 0 amide bonds. The van der Waals surface area contributed by atoms with E-state index in [0.717, 1.165) is 6.42 Å². The number of cyclic esters (lactones) is 1. The van der Waals surface area contributed by atoms with Crippen molar-refractivity contribution < 1.29 is 14.3 Å². The molecule has 0 aromatic heterocycles. The normalized spacial score (nSPS) is 42.5. The van der Waals surface area contributed by atoms with Gasteiger partial charge in [0, 0.05) is 5.92 Å². The number of hydrogen-bond acceptors (Lipinski definition) is 3. The van der Waals surface area contributed by atoms with Crippen LogP contribution in [-0.2, 0) is 14.3 Å². The van der Waals surface area contributed by atoms with E-state index < -0.39 is 5.41 Å². The zero-order valence-corrected chi connectivity index (χ0v) is 5.72. The van der Waals surface area contributed by atoms with Gasteiger partial charge in [0.05, 0.1) is 6.61 Å². The summed E-state index contributed by atoms with van der Waals surface area (Å²) in [5.74, 6) is -0.123. The van der Waals surface area contributed by atoms with Crippen LogP contribution in [0, 0.1) is 11.3 Å². The molecule has 0 radical (unpaired) electrons. The van der Waals surface area contributed by atoms with Crippen LogP contribution in [0.5, 0.6) is 0 Å². The molecule has 1 saturated carbocycles. The Bertz CT molecular complexity index is 221. The molecule has 0 aromatic carbocycles. The van der Waals surface area contributed by atoms with Crippen molar-refractivity contribution in [2.24, 2.45) is 11.3 Å². The standard InChI is InChI=1S/C7H8O3/c1-4(8)7-2-5(7)3-10-6(7)9/h5H,2-3H2,1H3/t5-,7-/m0/s1. The second-order valence-corrected chi connectivity index (χ2v) is 3.03. The quantitative estimate of drug-likeness (QED) is 0.384. The molecular weight excluding hydrogens is 132 g/mol. The van der Waals surface area contributed by atoms with Gasteiger partial charge in [-0.15, -0.1) is 0 Å². The third kappa shape index (κ3) is 0.426. The number of ketones is 1. The molecule has 3 heteroatoms. The first-order chi connectivity index (χ1) is 4.68. The molecule has 3 nitrogen and oxygen atoms in total. The molecule has 1 aliphatic carbocycles. The Labute approximate surface area is 58.4 Å². The summed E-state index contributed by atoms with van der Waals surface area (Å²) < 4.78 is 4.72. The molecule has 1 aliphatic heterocycles. The largest absolute Gasteiger partial charge is 0.465 e. The van der Waals surface area contributed by atoms with E-state index >= 15 is 0 Å². The van der Waals surface area contributed by atoms with E-state index in [0.29, 0.717) is 6.61 Å². The Balaban J connectivity index is 2.33. The van der Waals surface area contributed by atoms with Crippen molar-refractivity contribution in [1.82, 2.24) is 0 Å². The van der Waals surface area contributed by atoms with E-state index in [1.807, 2.05) is 0 Å². The maximum Gasteiger partial charge on any atom is 0.320 e. The summed E-state index contributed by atoms with van der Waals surface area (Å²) >= 11 is 0. The molecule has 1 heterocycles. The number of carbonyl (C=O) groups is 2. The van der Waals surface area contributed by atoms with Gasteiger partial charge < -0.3 is 4.74 Å². The van der Waals surface area contributed by atoms with Crippen LogP contribution in [0.3, 0.4) is 0 Å². The van der Waals surface area contributed by atoms with Crippen molar-refractivity contribution in [2.45, 2.75) is 13.3 Å². The highest BCUT2D eigenvalue weighted by Gasteiger charge is 2.69. The van der Waals surface area contributed by atoms with Crippen LogP contribution in [0.1, 0.15) is 13.3 Å². The van der Waals surface area contributed by atoms with E-state index in [2.05, 4.69) is 0 Å². The number of fused-ring (bicyclic) bond motifs is 1. The second-order valence-electron chi connectivity index (χ2n) is 3.03. The van der Waals surface area contributed by atoms with Crippen molar-refractivity contribution in [3.8, 4) is 0 Å². The fourth-order valence-electron chi connectivity index (χ4n) is 1.66. The molecule has 1 saturated heterocycles. The topological polar surface area (TPSA) is 43.4 Å². The van der Waals surface area contributed by atoms with Gasteiger partial charge in [0.1, 0.15) is 11.2 Å². The Hall–Kier alpha value is -0.860. The first-order valence-corrected chi connectivity index (χ1v) is 3.36. The smallest absolute Gasteiger partial charge is 0.320 e. The van der Waals surface area contributed by atoms with Gasteiger partial charge in [-0.25, -0.2) is 0 Å². The number of carbonyl (C=O) groups excluding carboxylic acids is 2. The first-order valence-electron chi connectivity index (χ1n) is 3.36. The highest BCUT2D eigenvalue weighted by atomic mass is 16.5. The summed E-state index contributed by atoms with van der Waals surface area (Å²) in [7, 11) is 0. The monoisotopic (exact) mass is 140 g/mol. The number of rotatable bonds is 1. The molecule has 0 aromatic rings. The lowest BCUT2D eigenvalue weighted by atomic mass is 10.0. The molecule has 2 aliphatic rings. The number of Topliss-reactive ketones (excluding diaryl/α,β-unsaturated/α-hetero) is 1. The molecule has 0 N–H and O–H groups in total. The van der Waals surface area contributed by atoms with Crippen LogP contribution >= 0.6 is 0 Å². The fourth-order valence-corrected chi connectivity index (χ4v) is 1.66. The van der Waals surface area contributed by atoms with Crippen LogP contribution in [-0.4, -0.2) is 18.4 Å². The highest BCUT2D eigenvalue weighted by Crippen LogP contribution is 2.58. The van der Waals surface area contributed by atoms with E-state index in [1.165, 1.54) is 6.92 Å². The van der Waals surface area contributed by atoms with Crippen molar-refractivity contribution >= 4 is 11.8 Å². The van der Waals surface area contributed by atoms with Crippen molar-refractivity contribution in [3.05, 3.63) is 0 Å².